The van der Waals surface area contributed by atoms with Crippen LogP contribution in [-0.4, -0.2) is 46.4 Å². The summed E-state index contributed by atoms with van der Waals surface area (Å²) in [5.41, 5.74) is 2.49. The zero-order valence-corrected chi connectivity index (χ0v) is 17.9. The first-order valence-electron chi connectivity index (χ1n) is 9.87. The van der Waals surface area contributed by atoms with Gasteiger partial charge in [-0.1, -0.05) is 23.8 Å². The van der Waals surface area contributed by atoms with Crippen molar-refractivity contribution in [2.24, 2.45) is 4.99 Å². The molecule has 0 radical (unpaired) electrons. The van der Waals surface area contributed by atoms with Gasteiger partial charge < -0.3 is 20.1 Å². The maximum Gasteiger partial charge on any atom is 0.191 e. The summed E-state index contributed by atoms with van der Waals surface area (Å²) in [6.07, 6.45) is 2.93. The second-order valence-electron chi connectivity index (χ2n) is 7.28. The van der Waals surface area contributed by atoms with Gasteiger partial charge in [0.05, 0.1) is 7.11 Å². The van der Waals surface area contributed by atoms with Crippen LogP contribution in [0, 0.1) is 6.92 Å². The number of nitrogens with one attached hydrogen (secondary N) is 2. The number of hydrogen-bond donors (Lipinski definition) is 2. The molecule has 1 aliphatic heterocycles. The maximum absolute atomic E-state index is 5.70. The predicted octanol–water partition coefficient (Wildman–Crippen LogP) is 3.52. The predicted molar refractivity (Wildman–Crippen MR) is 117 cm³/mol. The second kappa shape index (κ2) is 9.94. The fraction of sp³-hybridized carbons (Fsp3) is 0.500. The molecule has 0 bridgehead atoms. The van der Waals surface area contributed by atoms with Crippen molar-refractivity contribution in [3.63, 3.8) is 0 Å². The summed E-state index contributed by atoms with van der Waals surface area (Å²) in [5, 5.41) is 9.12. The van der Waals surface area contributed by atoms with Gasteiger partial charge in [-0.2, -0.15) is 0 Å². The standard InChI is InChI=1S/C22H31N3O2S/c1-17-6-7-20(26-3)19(15-17)22(9-12-27-13-10-22)16-25-21(23-2)24-11-8-18-5-4-14-28-18/h4-7,14-15H,8-13,16H2,1-3H3,(H2,23,24,25). The molecule has 152 valence electrons. The molecule has 6 heteroatoms. The number of aryl methyl sites for hydroxylation is 1. The van der Waals surface area contributed by atoms with Crippen LogP contribution < -0.4 is 15.4 Å². The van der Waals surface area contributed by atoms with Crippen molar-refractivity contribution >= 4 is 17.3 Å². The molecule has 5 nitrogen and oxygen atoms in total. The van der Waals surface area contributed by atoms with E-state index in [-0.39, 0.29) is 5.41 Å². The van der Waals surface area contributed by atoms with Gasteiger partial charge in [0.1, 0.15) is 5.75 Å². The van der Waals surface area contributed by atoms with Gasteiger partial charge in [0.2, 0.25) is 0 Å². The zero-order valence-electron chi connectivity index (χ0n) is 17.1. The Morgan fingerprint density at radius 3 is 2.75 bits per heavy atom. The van der Waals surface area contributed by atoms with Crippen LogP contribution in [0.4, 0.5) is 0 Å². The summed E-state index contributed by atoms with van der Waals surface area (Å²) < 4.78 is 11.4. The number of rotatable bonds is 7. The summed E-state index contributed by atoms with van der Waals surface area (Å²) in [6, 6.07) is 10.7. The number of thiophene rings is 1. The van der Waals surface area contributed by atoms with E-state index in [9.17, 15) is 0 Å². The van der Waals surface area contributed by atoms with Crippen molar-refractivity contribution in [3.05, 3.63) is 51.7 Å². The Morgan fingerprint density at radius 1 is 1.25 bits per heavy atom. The molecule has 28 heavy (non-hydrogen) atoms. The van der Waals surface area contributed by atoms with E-state index in [1.54, 1.807) is 18.4 Å². The highest BCUT2D eigenvalue weighted by Gasteiger charge is 2.37. The third-order valence-corrected chi connectivity index (χ3v) is 6.37. The SMILES string of the molecule is CN=C(NCCc1cccs1)NCC1(c2cc(C)ccc2OC)CCOCC1. The van der Waals surface area contributed by atoms with Crippen LogP contribution in [0.2, 0.25) is 0 Å². The van der Waals surface area contributed by atoms with Gasteiger partial charge in [-0.15, -0.1) is 11.3 Å². The molecule has 2 aromatic rings. The van der Waals surface area contributed by atoms with Gasteiger partial charge in [-0.25, -0.2) is 0 Å². The lowest BCUT2D eigenvalue weighted by atomic mass is 9.73. The number of benzene rings is 1. The van der Waals surface area contributed by atoms with Crippen molar-refractivity contribution in [1.29, 1.82) is 0 Å². The van der Waals surface area contributed by atoms with E-state index in [4.69, 9.17) is 9.47 Å². The van der Waals surface area contributed by atoms with Crippen molar-refractivity contribution < 1.29 is 9.47 Å². The zero-order chi connectivity index (χ0) is 19.8. The summed E-state index contributed by atoms with van der Waals surface area (Å²) in [4.78, 5) is 5.79. The van der Waals surface area contributed by atoms with E-state index in [2.05, 4.69) is 58.3 Å². The molecule has 2 heterocycles. The second-order valence-corrected chi connectivity index (χ2v) is 8.31. The summed E-state index contributed by atoms with van der Waals surface area (Å²) in [7, 11) is 3.57. The minimum atomic E-state index is -0.0268. The smallest absolute Gasteiger partial charge is 0.191 e. The average molecular weight is 402 g/mol. The Morgan fingerprint density at radius 2 is 2.07 bits per heavy atom. The molecule has 2 N–H and O–H groups in total. The molecular formula is C22H31N3O2S. The molecule has 1 saturated heterocycles. The number of methoxy groups -OCH3 is 1. The molecule has 1 aromatic carbocycles. The van der Waals surface area contributed by atoms with Crippen molar-refractivity contribution in [2.45, 2.75) is 31.6 Å². The molecule has 1 aliphatic rings. The van der Waals surface area contributed by atoms with Gasteiger partial charge in [0, 0.05) is 49.2 Å². The lowest BCUT2D eigenvalue weighted by molar-refractivity contribution is 0.0505. The molecule has 1 fully saturated rings. The van der Waals surface area contributed by atoms with Gasteiger partial charge in [0.15, 0.2) is 5.96 Å². The number of ether oxygens (including phenoxy) is 2. The van der Waals surface area contributed by atoms with Crippen molar-refractivity contribution in [3.8, 4) is 5.75 Å². The van der Waals surface area contributed by atoms with Gasteiger partial charge in [-0.3, -0.25) is 4.99 Å². The molecule has 0 aliphatic carbocycles. The summed E-state index contributed by atoms with van der Waals surface area (Å²) >= 11 is 1.79. The molecule has 3 rings (SSSR count). The summed E-state index contributed by atoms with van der Waals surface area (Å²) in [6.45, 7) is 5.33. The molecular weight excluding hydrogens is 370 g/mol. The monoisotopic (exact) mass is 401 g/mol. The molecule has 0 saturated carbocycles. The highest BCUT2D eigenvalue weighted by molar-refractivity contribution is 7.09. The van der Waals surface area contributed by atoms with Crippen LogP contribution in [0.3, 0.4) is 0 Å². The maximum atomic E-state index is 5.70. The molecule has 1 aromatic heterocycles. The molecule has 0 amide bonds. The molecule has 0 spiro atoms. The molecule has 0 unspecified atom stereocenters. The first kappa shape index (κ1) is 20.7. The number of aliphatic imine (C=N–C) groups is 1. The Hall–Kier alpha value is -2.05. The fourth-order valence-electron chi connectivity index (χ4n) is 3.77. The molecule has 0 atom stereocenters. The first-order chi connectivity index (χ1) is 13.7. The van der Waals surface area contributed by atoms with E-state index in [1.807, 2.05) is 7.05 Å². The van der Waals surface area contributed by atoms with Gasteiger partial charge in [0.25, 0.3) is 0 Å². The van der Waals surface area contributed by atoms with E-state index in [0.29, 0.717) is 0 Å². The van der Waals surface area contributed by atoms with Gasteiger partial charge in [-0.05, 0) is 43.7 Å². The van der Waals surface area contributed by atoms with Crippen LogP contribution in [0.15, 0.2) is 40.7 Å². The Bertz CT molecular complexity index is 768. The Balaban J connectivity index is 1.69. The van der Waals surface area contributed by atoms with Gasteiger partial charge >= 0.3 is 0 Å². The number of hydrogen-bond acceptors (Lipinski definition) is 4. The van der Waals surface area contributed by atoms with Crippen LogP contribution in [0.1, 0.15) is 28.8 Å². The van der Waals surface area contributed by atoms with Crippen molar-refractivity contribution in [2.75, 3.05) is 40.5 Å². The normalized spacial score (nSPS) is 16.6. The van der Waals surface area contributed by atoms with Crippen LogP contribution >= 0.6 is 11.3 Å². The highest BCUT2D eigenvalue weighted by atomic mass is 32.1. The lowest BCUT2D eigenvalue weighted by Gasteiger charge is -2.39. The van der Waals surface area contributed by atoms with Crippen LogP contribution in [0.25, 0.3) is 0 Å². The average Bonchev–Trinajstić information content (AvgIpc) is 3.24. The van der Waals surface area contributed by atoms with Crippen LogP contribution in [0.5, 0.6) is 5.75 Å². The van der Waals surface area contributed by atoms with E-state index >= 15 is 0 Å². The summed E-state index contributed by atoms with van der Waals surface area (Å²) in [5.74, 6) is 1.80. The third-order valence-electron chi connectivity index (χ3n) is 5.44. The third kappa shape index (κ3) is 5.06. The van der Waals surface area contributed by atoms with Crippen LogP contribution in [-0.2, 0) is 16.6 Å². The van der Waals surface area contributed by atoms with E-state index in [1.165, 1.54) is 16.0 Å². The Kier molecular flexibility index (Phi) is 7.34. The van der Waals surface area contributed by atoms with Crippen molar-refractivity contribution in [1.82, 2.24) is 10.6 Å². The lowest BCUT2D eigenvalue weighted by Crippen LogP contribution is -2.48. The largest absolute Gasteiger partial charge is 0.496 e. The van der Waals surface area contributed by atoms with E-state index < -0.39 is 0 Å². The quantitative estimate of drug-likeness (QED) is 0.551. The highest BCUT2D eigenvalue weighted by Crippen LogP contribution is 2.40. The Labute approximate surface area is 172 Å². The minimum absolute atomic E-state index is 0.0268. The first-order valence-corrected chi connectivity index (χ1v) is 10.7. The topological polar surface area (TPSA) is 54.9 Å². The fourth-order valence-corrected chi connectivity index (χ4v) is 4.48. The minimum Gasteiger partial charge on any atom is -0.496 e. The van der Waals surface area contributed by atoms with E-state index in [0.717, 1.165) is 57.3 Å². The number of nitrogens with zero attached hydrogens (tertiary/aromatic N) is 1. The number of guanidine groups is 1.